The standard InChI is InChI=1S/C24H27N7O/c1-31-22-11-17(18-13-27-28-14-18)6-9-21(22)30-23(24(31)32)29-19-7-4-16(5-8-19)12-25-15-20-3-2-10-26-20/h4-9,11,13-14,20,25-26H,2-3,10,12,15H2,1H3,(H,27,28)(H,29,30). The highest BCUT2D eigenvalue weighted by atomic mass is 16.1. The number of aryl methyl sites for hydroxylation is 1. The van der Waals surface area contributed by atoms with E-state index in [1.54, 1.807) is 17.8 Å². The summed E-state index contributed by atoms with van der Waals surface area (Å²) in [4.78, 5) is 17.5. The lowest BCUT2D eigenvalue weighted by Gasteiger charge is -2.12. The summed E-state index contributed by atoms with van der Waals surface area (Å²) in [6, 6.07) is 14.6. The Kier molecular flexibility index (Phi) is 5.70. The molecule has 4 aromatic rings. The van der Waals surface area contributed by atoms with Crippen molar-refractivity contribution < 1.29 is 0 Å². The Morgan fingerprint density at radius 3 is 2.78 bits per heavy atom. The van der Waals surface area contributed by atoms with E-state index in [-0.39, 0.29) is 5.56 Å². The number of anilines is 2. The van der Waals surface area contributed by atoms with Gasteiger partial charge in [-0.05, 0) is 54.8 Å². The zero-order valence-electron chi connectivity index (χ0n) is 18.1. The summed E-state index contributed by atoms with van der Waals surface area (Å²) >= 11 is 0. The number of benzene rings is 2. The molecule has 164 valence electrons. The van der Waals surface area contributed by atoms with Gasteiger partial charge in [-0.25, -0.2) is 4.98 Å². The van der Waals surface area contributed by atoms with Gasteiger partial charge in [-0.2, -0.15) is 5.10 Å². The second-order valence-corrected chi connectivity index (χ2v) is 8.26. The Bertz CT molecular complexity index is 1260. The molecule has 2 aromatic carbocycles. The quantitative estimate of drug-likeness (QED) is 0.361. The fourth-order valence-corrected chi connectivity index (χ4v) is 4.16. The van der Waals surface area contributed by atoms with Crippen LogP contribution < -0.4 is 21.5 Å². The molecule has 0 spiro atoms. The smallest absolute Gasteiger partial charge is 0.293 e. The lowest BCUT2D eigenvalue weighted by atomic mass is 10.1. The number of nitrogens with one attached hydrogen (secondary N) is 4. The van der Waals surface area contributed by atoms with E-state index in [1.807, 2.05) is 36.5 Å². The monoisotopic (exact) mass is 429 g/mol. The highest BCUT2D eigenvalue weighted by Crippen LogP contribution is 2.23. The second-order valence-electron chi connectivity index (χ2n) is 8.26. The number of hydrogen-bond acceptors (Lipinski definition) is 6. The molecule has 0 saturated carbocycles. The first-order valence-electron chi connectivity index (χ1n) is 11.0. The highest BCUT2D eigenvalue weighted by Gasteiger charge is 2.13. The van der Waals surface area contributed by atoms with Crippen LogP contribution in [0.3, 0.4) is 0 Å². The Morgan fingerprint density at radius 2 is 2.03 bits per heavy atom. The molecule has 1 fully saturated rings. The van der Waals surface area contributed by atoms with Crippen molar-refractivity contribution in [3.05, 3.63) is 70.8 Å². The highest BCUT2D eigenvalue weighted by molar-refractivity contribution is 5.82. The van der Waals surface area contributed by atoms with Crippen LogP contribution in [0.4, 0.5) is 11.5 Å². The molecule has 0 radical (unpaired) electrons. The van der Waals surface area contributed by atoms with Crippen LogP contribution in [0.2, 0.25) is 0 Å². The van der Waals surface area contributed by atoms with Crippen LogP contribution in [-0.4, -0.2) is 38.9 Å². The van der Waals surface area contributed by atoms with Crippen LogP contribution in [0.1, 0.15) is 18.4 Å². The second kappa shape index (κ2) is 8.94. The molecule has 0 aliphatic carbocycles. The average Bonchev–Trinajstić information content (AvgIpc) is 3.53. The first-order valence-corrected chi connectivity index (χ1v) is 11.0. The number of H-pyrrole nitrogens is 1. The molecular weight excluding hydrogens is 402 g/mol. The van der Waals surface area contributed by atoms with Crippen molar-refractivity contribution in [3.8, 4) is 11.1 Å². The third-order valence-corrected chi connectivity index (χ3v) is 6.01. The minimum absolute atomic E-state index is 0.170. The molecular formula is C24H27N7O. The zero-order chi connectivity index (χ0) is 21.9. The van der Waals surface area contributed by atoms with Gasteiger partial charge in [-0.3, -0.25) is 9.89 Å². The van der Waals surface area contributed by atoms with Gasteiger partial charge in [-0.1, -0.05) is 18.2 Å². The Balaban J connectivity index is 1.30. The van der Waals surface area contributed by atoms with Gasteiger partial charge in [0.2, 0.25) is 0 Å². The number of fused-ring (bicyclic) bond motifs is 1. The zero-order valence-corrected chi connectivity index (χ0v) is 18.1. The molecule has 2 aromatic heterocycles. The topological polar surface area (TPSA) is 99.7 Å². The van der Waals surface area contributed by atoms with E-state index < -0.39 is 0 Å². The third-order valence-electron chi connectivity index (χ3n) is 6.01. The minimum Gasteiger partial charge on any atom is -0.336 e. The van der Waals surface area contributed by atoms with Crippen molar-refractivity contribution in [2.75, 3.05) is 18.4 Å². The maximum Gasteiger partial charge on any atom is 0.293 e. The van der Waals surface area contributed by atoms with E-state index in [0.717, 1.165) is 47.5 Å². The van der Waals surface area contributed by atoms with Gasteiger partial charge in [0.25, 0.3) is 5.56 Å². The molecule has 1 atom stereocenters. The van der Waals surface area contributed by atoms with Crippen molar-refractivity contribution in [3.63, 3.8) is 0 Å². The molecule has 0 amide bonds. The molecule has 1 aliphatic rings. The summed E-state index contributed by atoms with van der Waals surface area (Å²) in [6.07, 6.45) is 6.09. The largest absolute Gasteiger partial charge is 0.336 e. The van der Waals surface area contributed by atoms with Gasteiger partial charge in [0, 0.05) is 43.6 Å². The van der Waals surface area contributed by atoms with Crippen molar-refractivity contribution in [2.24, 2.45) is 7.05 Å². The van der Waals surface area contributed by atoms with E-state index in [2.05, 4.69) is 43.3 Å². The third kappa shape index (κ3) is 4.28. The van der Waals surface area contributed by atoms with Crippen LogP contribution in [0.25, 0.3) is 22.2 Å². The lowest BCUT2D eigenvalue weighted by molar-refractivity contribution is 0.536. The Hall–Kier alpha value is -3.49. The number of hydrogen-bond donors (Lipinski definition) is 4. The summed E-state index contributed by atoms with van der Waals surface area (Å²) in [5.41, 5.74) is 5.36. The molecule has 1 saturated heterocycles. The molecule has 5 rings (SSSR count). The Labute approximate surface area is 186 Å². The summed E-state index contributed by atoms with van der Waals surface area (Å²) in [6.45, 7) is 2.94. The summed E-state index contributed by atoms with van der Waals surface area (Å²) in [7, 11) is 1.77. The number of rotatable bonds is 7. The predicted octanol–water partition coefficient (Wildman–Crippen LogP) is 2.91. The van der Waals surface area contributed by atoms with Gasteiger partial charge in [0.05, 0.1) is 17.2 Å². The summed E-state index contributed by atoms with van der Waals surface area (Å²) in [5.74, 6) is 0.314. The summed E-state index contributed by atoms with van der Waals surface area (Å²) in [5, 5.41) is 17.0. The maximum absolute atomic E-state index is 12.9. The molecule has 4 N–H and O–H groups in total. The average molecular weight is 430 g/mol. The van der Waals surface area contributed by atoms with Crippen molar-refractivity contribution in [1.82, 2.24) is 30.4 Å². The maximum atomic E-state index is 12.9. The predicted molar refractivity (Wildman–Crippen MR) is 127 cm³/mol. The van der Waals surface area contributed by atoms with Crippen LogP contribution in [0.15, 0.2) is 59.7 Å². The van der Waals surface area contributed by atoms with Crippen molar-refractivity contribution >= 4 is 22.5 Å². The van der Waals surface area contributed by atoms with Crippen molar-refractivity contribution in [2.45, 2.75) is 25.4 Å². The van der Waals surface area contributed by atoms with Gasteiger partial charge in [-0.15, -0.1) is 0 Å². The summed E-state index contributed by atoms with van der Waals surface area (Å²) < 4.78 is 1.63. The minimum atomic E-state index is -0.170. The van der Waals surface area contributed by atoms with E-state index >= 15 is 0 Å². The van der Waals surface area contributed by atoms with Gasteiger partial charge < -0.3 is 20.5 Å². The van der Waals surface area contributed by atoms with Crippen LogP contribution in [-0.2, 0) is 13.6 Å². The first kappa shape index (κ1) is 20.4. The lowest BCUT2D eigenvalue weighted by Crippen LogP contribution is -2.33. The van der Waals surface area contributed by atoms with Crippen molar-refractivity contribution in [1.29, 1.82) is 0 Å². The van der Waals surface area contributed by atoms with E-state index in [4.69, 9.17) is 0 Å². The molecule has 1 aliphatic heterocycles. The fourth-order valence-electron chi connectivity index (χ4n) is 4.16. The van der Waals surface area contributed by atoms with E-state index in [0.29, 0.717) is 11.9 Å². The molecule has 1 unspecified atom stereocenters. The number of aromatic nitrogens is 4. The normalized spacial score (nSPS) is 16.0. The molecule has 8 heteroatoms. The molecule has 8 nitrogen and oxygen atoms in total. The molecule has 0 bridgehead atoms. The SMILES string of the molecule is Cn1c(=O)c(Nc2ccc(CNCC3CCCN3)cc2)nc2ccc(-c3cn[nH]c3)cc21. The number of aromatic amines is 1. The van der Waals surface area contributed by atoms with Crippen LogP contribution in [0.5, 0.6) is 0 Å². The molecule has 3 heterocycles. The van der Waals surface area contributed by atoms with Crippen LogP contribution in [0, 0.1) is 0 Å². The first-order chi connectivity index (χ1) is 15.7. The van der Waals surface area contributed by atoms with E-state index in [1.165, 1.54) is 18.4 Å². The van der Waals surface area contributed by atoms with Gasteiger partial charge >= 0.3 is 0 Å². The van der Waals surface area contributed by atoms with Gasteiger partial charge in [0.15, 0.2) is 5.82 Å². The number of nitrogens with zero attached hydrogens (tertiary/aromatic N) is 3. The molecule has 32 heavy (non-hydrogen) atoms. The van der Waals surface area contributed by atoms with Crippen LogP contribution >= 0.6 is 0 Å². The fraction of sp³-hybridized carbons (Fsp3) is 0.292. The Morgan fingerprint density at radius 1 is 1.16 bits per heavy atom. The van der Waals surface area contributed by atoms with Gasteiger partial charge in [0.1, 0.15) is 0 Å². The van der Waals surface area contributed by atoms with E-state index in [9.17, 15) is 4.79 Å².